The number of hydrogen-bond acceptors (Lipinski definition) is 6. The number of esters is 1. The van der Waals surface area contributed by atoms with Gasteiger partial charge in [-0.25, -0.2) is 9.69 Å². The van der Waals surface area contributed by atoms with Crippen molar-refractivity contribution < 1.29 is 19.1 Å². The second kappa shape index (κ2) is 4.94. The molecule has 0 aromatic heterocycles. The molecular weight excluding hydrogens is 286 g/mol. The Morgan fingerprint density at radius 1 is 1.27 bits per heavy atom. The third-order valence-electron chi connectivity index (χ3n) is 4.14. The summed E-state index contributed by atoms with van der Waals surface area (Å²) in [5.41, 5.74) is 4.88. The fourth-order valence-electron chi connectivity index (χ4n) is 2.78. The molecule has 0 saturated carbocycles. The molecule has 22 heavy (non-hydrogen) atoms. The normalized spacial score (nSPS) is 23.2. The maximum absolute atomic E-state index is 12.7. The van der Waals surface area contributed by atoms with Gasteiger partial charge in [0.1, 0.15) is 12.0 Å². The Labute approximate surface area is 126 Å². The molecule has 2 aliphatic rings. The van der Waals surface area contributed by atoms with Crippen LogP contribution in [-0.4, -0.2) is 36.6 Å². The highest BCUT2D eigenvalue weighted by Gasteiger charge is 2.55. The number of nitrogens with zero attached hydrogens (tertiary/aromatic N) is 2. The molecule has 7 heteroatoms. The lowest BCUT2D eigenvalue weighted by Crippen LogP contribution is -2.36. The summed E-state index contributed by atoms with van der Waals surface area (Å²) in [6, 6.07) is 4.56. The van der Waals surface area contributed by atoms with Crippen molar-refractivity contribution in [2.45, 2.75) is 19.9 Å². The number of carbonyl (C=O) groups is 3. The van der Waals surface area contributed by atoms with Gasteiger partial charge >= 0.3 is 5.97 Å². The van der Waals surface area contributed by atoms with Crippen molar-refractivity contribution >= 4 is 29.2 Å². The molecule has 1 aromatic rings. The topological polar surface area (TPSA) is 88.1 Å². The van der Waals surface area contributed by atoms with Crippen LogP contribution in [0.2, 0.25) is 0 Å². The van der Waals surface area contributed by atoms with Gasteiger partial charge in [0, 0.05) is 0 Å². The molecule has 2 aliphatic heterocycles. The van der Waals surface area contributed by atoms with E-state index in [4.69, 9.17) is 0 Å². The number of rotatable bonds is 2. The van der Waals surface area contributed by atoms with Crippen molar-refractivity contribution in [3.05, 3.63) is 29.3 Å². The third-order valence-corrected chi connectivity index (χ3v) is 4.14. The number of carbonyl (C=O) groups excluding carboxylic acids is 3. The predicted octanol–water partition coefficient (Wildman–Crippen LogP) is 0.294. The van der Waals surface area contributed by atoms with Crippen molar-refractivity contribution in [3.8, 4) is 0 Å². The molecule has 3 rings (SSSR count). The zero-order valence-electron chi connectivity index (χ0n) is 12.4. The molecule has 2 amide bonds. The highest BCUT2D eigenvalue weighted by atomic mass is 16.5. The van der Waals surface area contributed by atoms with Crippen molar-refractivity contribution in [2.75, 3.05) is 12.0 Å². The highest BCUT2D eigenvalue weighted by Crippen LogP contribution is 2.33. The van der Waals surface area contributed by atoms with Crippen molar-refractivity contribution in [3.63, 3.8) is 0 Å². The Hall–Kier alpha value is -2.70. The van der Waals surface area contributed by atoms with E-state index in [-0.39, 0.29) is 5.71 Å². The quantitative estimate of drug-likeness (QED) is 0.627. The number of ether oxygens (including phenoxy) is 1. The molecule has 1 N–H and O–H groups in total. The molecular formula is C15H15N3O4. The van der Waals surface area contributed by atoms with E-state index in [9.17, 15) is 14.4 Å². The Bertz CT molecular complexity index is 725. The summed E-state index contributed by atoms with van der Waals surface area (Å²) in [5.74, 6) is -2.51. The fraction of sp³-hybridized carbons (Fsp3) is 0.333. The summed E-state index contributed by atoms with van der Waals surface area (Å²) in [4.78, 5) is 38.0. The minimum atomic E-state index is -0.931. The van der Waals surface area contributed by atoms with Crippen LogP contribution >= 0.6 is 0 Å². The summed E-state index contributed by atoms with van der Waals surface area (Å²) in [6.07, 6.45) is 0. The van der Waals surface area contributed by atoms with Crippen LogP contribution in [0, 0.1) is 19.8 Å². The number of aryl methyl sites for hydroxylation is 1. The van der Waals surface area contributed by atoms with Gasteiger partial charge in [-0.05, 0) is 31.0 Å². The average Bonchev–Trinajstić information content (AvgIpc) is 3.04. The number of hydrogen-bond donors (Lipinski definition) is 1. The van der Waals surface area contributed by atoms with E-state index >= 15 is 0 Å². The van der Waals surface area contributed by atoms with Gasteiger partial charge in [-0.2, -0.15) is 5.10 Å². The van der Waals surface area contributed by atoms with E-state index in [0.717, 1.165) is 16.0 Å². The van der Waals surface area contributed by atoms with Gasteiger partial charge in [0.05, 0.1) is 12.8 Å². The van der Waals surface area contributed by atoms with Crippen LogP contribution in [0.15, 0.2) is 23.3 Å². The van der Waals surface area contributed by atoms with Crippen LogP contribution < -0.4 is 10.3 Å². The van der Waals surface area contributed by atoms with Crippen molar-refractivity contribution in [1.82, 2.24) is 5.43 Å². The monoisotopic (exact) mass is 301 g/mol. The van der Waals surface area contributed by atoms with E-state index < -0.39 is 29.7 Å². The molecule has 0 bridgehead atoms. The Balaban J connectivity index is 2.02. The zero-order valence-corrected chi connectivity index (χ0v) is 12.4. The Morgan fingerprint density at radius 3 is 2.68 bits per heavy atom. The molecule has 7 nitrogen and oxygen atoms in total. The molecule has 0 spiro atoms. The predicted molar refractivity (Wildman–Crippen MR) is 78.3 cm³/mol. The molecule has 1 fully saturated rings. The minimum Gasteiger partial charge on any atom is -0.464 e. The number of imide groups is 1. The molecule has 0 unspecified atom stereocenters. The van der Waals surface area contributed by atoms with Crippen molar-refractivity contribution in [1.29, 1.82) is 0 Å². The van der Waals surface area contributed by atoms with Crippen molar-refractivity contribution in [2.24, 2.45) is 11.0 Å². The molecule has 2 heterocycles. The van der Waals surface area contributed by atoms with Gasteiger partial charge in [0.15, 0.2) is 5.71 Å². The molecule has 1 saturated heterocycles. The standard InChI is InChI=1S/C15H15N3O4/c1-7-5-4-6-9(8(7)2)18-13(19)10-11(14(18)20)16-17-12(10)15(21)22-3/h4-6,10-11,16H,1-3H3/t10-,11+/m1/s1. The van der Waals surface area contributed by atoms with E-state index in [1.165, 1.54) is 7.11 Å². The summed E-state index contributed by atoms with van der Waals surface area (Å²) < 4.78 is 4.62. The third kappa shape index (κ3) is 1.82. The number of benzene rings is 1. The number of amides is 2. The van der Waals surface area contributed by atoms with Gasteiger partial charge in [0.2, 0.25) is 5.91 Å². The van der Waals surface area contributed by atoms with E-state index in [1.807, 2.05) is 19.9 Å². The number of methoxy groups -OCH3 is 1. The van der Waals surface area contributed by atoms with Crippen LogP contribution in [0.5, 0.6) is 0 Å². The maximum Gasteiger partial charge on any atom is 0.355 e. The first-order chi connectivity index (χ1) is 10.5. The first kappa shape index (κ1) is 14.2. The SMILES string of the molecule is COC(=O)C1=NN[C@@H]2C(=O)N(c3cccc(C)c3C)C(=O)[C@@H]12. The van der Waals surface area contributed by atoms with Gasteiger partial charge in [0.25, 0.3) is 5.91 Å². The zero-order chi connectivity index (χ0) is 16.0. The minimum absolute atomic E-state index is 0.0568. The molecule has 0 aliphatic carbocycles. The highest BCUT2D eigenvalue weighted by molar-refractivity contribution is 6.46. The Kier molecular flexibility index (Phi) is 3.20. The van der Waals surface area contributed by atoms with E-state index in [2.05, 4.69) is 15.3 Å². The summed E-state index contributed by atoms with van der Waals surface area (Å²) in [6.45, 7) is 3.76. The molecule has 1 aromatic carbocycles. The second-order valence-electron chi connectivity index (χ2n) is 5.30. The average molecular weight is 301 g/mol. The van der Waals surface area contributed by atoms with Crippen LogP contribution in [0.3, 0.4) is 0 Å². The van der Waals surface area contributed by atoms with E-state index in [1.54, 1.807) is 12.1 Å². The van der Waals surface area contributed by atoms with Crippen LogP contribution in [0.1, 0.15) is 11.1 Å². The summed E-state index contributed by atoms with van der Waals surface area (Å²) >= 11 is 0. The molecule has 0 radical (unpaired) electrons. The number of hydrazone groups is 1. The second-order valence-corrected chi connectivity index (χ2v) is 5.30. The van der Waals surface area contributed by atoms with Gasteiger partial charge in [-0.1, -0.05) is 12.1 Å². The smallest absolute Gasteiger partial charge is 0.355 e. The molecule has 114 valence electrons. The van der Waals surface area contributed by atoms with Crippen LogP contribution in [0.25, 0.3) is 0 Å². The van der Waals surface area contributed by atoms with Crippen LogP contribution in [-0.2, 0) is 19.1 Å². The van der Waals surface area contributed by atoms with Gasteiger partial charge < -0.3 is 4.74 Å². The Morgan fingerprint density at radius 2 is 2.00 bits per heavy atom. The lowest BCUT2D eigenvalue weighted by Gasteiger charge is -2.19. The maximum atomic E-state index is 12.7. The summed E-state index contributed by atoms with van der Waals surface area (Å²) in [5, 5.41) is 3.78. The lowest BCUT2D eigenvalue weighted by molar-refractivity contribution is -0.133. The summed E-state index contributed by atoms with van der Waals surface area (Å²) in [7, 11) is 1.21. The lowest BCUT2D eigenvalue weighted by atomic mass is 9.99. The first-order valence-electron chi connectivity index (χ1n) is 6.82. The molecule has 2 atom stereocenters. The number of fused-ring (bicyclic) bond motifs is 1. The van der Waals surface area contributed by atoms with Gasteiger partial charge in [-0.15, -0.1) is 0 Å². The largest absolute Gasteiger partial charge is 0.464 e. The van der Waals surface area contributed by atoms with E-state index in [0.29, 0.717) is 5.69 Å². The van der Waals surface area contributed by atoms with Gasteiger partial charge in [-0.3, -0.25) is 15.0 Å². The first-order valence-corrected chi connectivity index (χ1v) is 6.82. The fourth-order valence-corrected chi connectivity index (χ4v) is 2.78. The number of anilines is 1. The van der Waals surface area contributed by atoms with Crippen LogP contribution in [0.4, 0.5) is 5.69 Å². The number of nitrogens with one attached hydrogen (secondary N) is 1.